The van der Waals surface area contributed by atoms with Crippen LogP contribution in [0.3, 0.4) is 0 Å². The Balaban J connectivity index is 1.69. The van der Waals surface area contributed by atoms with Crippen molar-refractivity contribution in [3.8, 4) is 0 Å². The molecule has 3 aromatic rings. The number of aliphatic imine (C=N–C) groups is 1. The number of hydrogen-bond donors (Lipinski definition) is 1. The molecule has 3 heterocycles. The average molecular weight is 379 g/mol. The van der Waals surface area contributed by atoms with Gasteiger partial charge in [-0.3, -0.25) is 4.79 Å². The zero-order valence-electron chi connectivity index (χ0n) is 15.3. The molecule has 0 saturated carbocycles. The number of nitrogens with zero attached hydrogens (tertiary/aromatic N) is 4. The maximum atomic E-state index is 12.9. The maximum Gasteiger partial charge on any atom is 0.281 e. The number of amidine groups is 1. The van der Waals surface area contributed by atoms with E-state index in [4.69, 9.17) is 0 Å². The van der Waals surface area contributed by atoms with Crippen LogP contribution in [0.25, 0.3) is 11.0 Å². The first-order valence-corrected chi connectivity index (χ1v) is 9.79. The summed E-state index contributed by atoms with van der Waals surface area (Å²) in [6.45, 7) is 0.895. The Bertz CT molecular complexity index is 982. The Hall–Kier alpha value is -2.64. The minimum atomic E-state index is -0.247. The van der Waals surface area contributed by atoms with Crippen molar-refractivity contribution in [3.63, 3.8) is 0 Å². The minimum Gasteiger partial charge on any atom is -0.345 e. The molecule has 0 bridgehead atoms. The van der Waals surface area contributed by atoms with Gasteiger partial charge in [-0.2, -0.15) is 4.99 Å². The number of amides is 1. The number of benzene rings is 1. The van der Waals surface area contributed by atoms with Crippen molar-refractivity contribution in [3.05, 3.63) is 60.4 Å². The van der Waals surface area contributed by atoms with Crippen LogP contribution in [-0.4, -0.2) is 58.4 Å². The summed E-state index contributed by atoms with van der Waals surface area (Å²) in [7, 11) is 4.13. The molecule has 0 radical (unpaired) electrons. The van der Waals surface area contributed by atoms with E-state index in [1.807, 2.05) is 30.3 Å². The first-order valence-electron chi connectivity index (χ1n) is 8.80. The number of nitrogens with one attached hydrogen (secondary N) is 1. The van der Waals surface area contributed by atoms with Gasteiger partial charge in [0.25, 0.3) is 5.91 Å². The van der Waals surface area contributed by atoms with Gasteiger partial charge in [0.2, 0.25) is 0 Å². The molecule has 2 aromatic heterocycles. The maximum absolute atomic E-state index is 12.9. The summed E-state index contributed by atoms with van der Waals surface area (Å²) in [5, 5.41) is 1.54. The van der Waals surface area contributed by atoms with E-state index < -0.39 is 0 Å². The van der Waals surface area contributed by atoms with E-state index in [0.717, 1.165) is 28.5 Å². The molecular weight excluding hydrogens is 358 g/mol. The lowest BCUT2D eigenvalue weighted by atomic mass is 10.2. The first-order chi connectivity index (χ1) is 13.1. The topological polar surface area (TPSA) is 64.6 Å². The van der Waals surface area contributed by atoms with Crippen molar-refractivity contribution < 1.29 is 4.79 Å². The van der Waals surface area contributed by atoms with Gasteiger partial charge in [-0.25, -0.2) is 4.98 Å². The molecule has 1 atom stereocenters. The van der Waals surface area contributed by atoms with E-state index in [2.05, 4.69) is 51.0 Å². The largest absolute Gasteiger partial charge is 0.345 e. The molecule has 0 aliphatic carbocycles. The molecule has 1 aliphatic rings. The van der Waals surface area contributed by atoms with Gasteiger partial charge in [0.05, 0.1) is 11.6 Å². The van der Waals surface area contributed by atoms with E-state index in [-0.39, 0.29) is 11.9 Å². The predicted octanol–water partition coefficient (Wildman–Crippen LogP) is 3.24. The number of hydrogen-bond acceptors (Lipinski definition) is 4. The van der Waals surface area contributed by atoms with Gasteiger partial charge in [-0.1, -0.05) is 30.0 Å². The Kier molecular flexibility index (Phi) is 4.96. The van der Waals surface area contributed by atoms with Crippen molar-refractivity contribution in [2.75, 3.05) is 31.3 Å². The molecule has 4 rings (SSSR count). The van der Waals surface area contributed by atoms with Crippen LogP contribution in [0.15, 0.2) is 59.9 Å². The molecule has 1 aliphatic heterocycles. The lowest BCUT2D eigenvalue weighted by Gasteiger charge is -2.28. The number of carbonyl (C=O) groups excluding carboxylic acids is 1. The van der Waals surface area contributed by atoms with Crippen molar-refractivity contribution in [1.82, 2.24) is 14.9 Å². The van der Waals surface area contributed by atoms with Crippen LogP contribution in [0.5, 0.6) is 0 Å². The Labute approximate surface area is 162 Å². The average Bonchev–Trinajstić information content (AvgIpc) is 3.26. The third-order valence-corrected chi connectivity index (χ3v) is 5.56. The molecule has 27 heavy (non-hydrogen) atoms. The molecule has 1 saturated heterocycles. The zero-order chi connectivity index (χ0) is 18.8. The number of aromatic amines is 1. The fourth-order valence-corrected chi connectivity index (χ4v) is 4.44. The molecule has 7 heteroatoms. The van der Waals surface area contributed by atoms with Gasteiger partial charge in [-0.15, -0.1) is 0 Å². The second-order valence-electron chi connectivity index (χ2n) is 6.73. The standard InChI is InChI=1S/C20H21N5OS/c1-24(2)12-15-13-27-20(25(15)14-7-4-3-5-8-14)23-19(26)17-11-22-18-16(17)9-6-10-21-18/h3-11,15H,12-13H2,1-2H3,(H,21,22)/b23-20-. The van der Waals surface area contributed by atoms with Crippen LogP contribution in [0.4, 0.5) is 5.69 Å². The molecule has 1 aromatic carbocycles. The van der Waals surface area contributed by atoms with Crippen LogP contribution in [0.2, 0.25) is 0 Å². The lowest BCUT2D eigenvalue weighted by Crippen LogP contribution is -2.41. The van der Waals surface area contributed by atoms with E-state index in [1.165, 1.54) is 0 Å². The highest BCUT2D eigenvalue weighted by molar-refractivity contribution is 8.14. The van der Waals surface area contributed by atoms with E-state index in [9.17, 15) is 4.79 Å². The third kappa shape index (κ3) is 3.61. The Morgan fingerprint density at radius 1 is 1.30 bits per heavy atom. The van der Waals surface area contributed by atoms with E-state index in [0.29, 0.717) is 11.2 Å². The minimum absolute atomic E-state index is 0.247. The molecule has 1 N–H and O–H groups in total. The zero-order valence-corrected chi connectivity index (χ0v) is 16.1. The molecule has 1 fully saturated rings. The third-order valence-electron chi connectivity index (χ3n) is 4.47. The number of aromatic nitrogens is 2. The van der Waals surface area contributed by atoms with Crippen molar-refractivity contribution in [2.24, 2.45) is 4.99 Å². The van der Waals surface area contributed by atoms with E-state index >= 15 is 0 Å². The number of anilines is 1. The quantitative estimate of drug-likeness (QED) is 0.754. The summed E-state index contributed by atoms with van der Waals surface area (Å²) in [5.74, 6) is 0.650. The fraction of sp³-hybridized carbons (Fsp3) is 0.250. The van der Waals surface area contributed by atoms with Gasteiger partial charge >= 0.3 is 0 Å². The van der Waals surface area contributed by atoms with Gasteiger partial charge < -0.3 is 14.8 Å². The summed E-state index contributed by atoms with van der Waals surface area (Å²) in [6.07, 6.45) is 3.39. The summed E-state index contributed by atoms with van der Waals surface area (Å²) in [5.41, 5.74) is 2.31. The van der Waals surface area contributed by atoms with Crippen molar-refractivity contribution in [2.45, 2.75) is 6.04 Å². The summed E-state index contributed by atoms with van der Waals surface area (Å²) >= 11 is 1.63. The summed E-state index contributed by atoms with van der Waals surface area (Å²) in [4.78, 5) is 29.0. The van der Waals surface area contributed by atoms with Crippen LogP contribution in [0.1, 0.15) is 10.4 Å². The summed E-state index contributed by atoms with van der Waals surface area (Å²) in [6, 6.07) is 14.1. The Morgan fingerprint density at radius 3 is 2.89 bits per heavy atom. The fourth-order valence-electron chi connectivity index (χ4n) is 3.30. The highest BCUT2D eigenvalue weighted by Crippen LogP contribution is 2.31. The summed E-state index contributed by atoms with van der Waals surface area (Å²) < 4.78 is 0. The highest BCUT2D eigenvalue weighted by Gasteiger charge is 2.32. The number of thioether (sulfide) groups is 1. The second kappa shape index (κ2) is 7.54. The van der Waals surface area contributed by atoms with Crippen molar-refractivity contribution >= 4 is 39.6 Å². The highest BCUT2D eigenvalue weighted by atomic mass is 32.2. The molecular formula is C20H21N5OS. The molecule has 1 unspecified atom stereocenters. The second-order valence-corrected chi connectivity index (χ2v) is 7.72. The number of carbonyl (C=O) groups is 1. The van der Waals surface area contributed by atoms with Gasteiger partial charge in [0, 0.05) is 35.8 Å². The van der Waals surface area contributed by atoms with Crippen molar-refractivity contribution in [1.29, 1.82) is 0 Å². The molecule has 6 nitrogen and oxygen atoms in total. The predicted molar refractivity (Wildman–Crippen MR) is 112 cm³/mol. The number of likely N-dealkylation sites (N-methyl/N-ethyl adjacent to an activating group) is 1. The van der Waals surface area contributed by atoms with Crippen LogP contribution < -0.4 is 4.90 Å². The number of pyridine rings is 1. The number of H-pyrrole nitrogens is 1. The molecule has 1 amide bonds. The Morgan fingerprint density at radius 2 is 2.11 bits per heavy atom. The number of fused-ring (bicyclic) bond motifs is 1. The van der Waals surface area contributed by atoms with Gasteiger partial charge in [-0.05, 0) is 38.4 Å². The number of rotatable bonds is 4. The normalized spacial score (nSPS) is 18.7. The first kappa shape index (κ1) is 17.8. The lowest BCUT2D eigenvalue weighted by molar-refractivity contribution is 0.100. The van der Waals surface area contributed by atoms with Gasteiger partial charge in [0.1, 0.15) is 5.65 Å². The smallest absolute Gasteiger partial charge is 0.281 e. The van der Waals surface area contributed by atoms with Crippen LogP contribution in [-0.2, 0) is 0 Å². The van der Waals surface area contributed by atoms with Gasteiger partial charge in [0.15, 0.2) is 5.17 Å². The SMILES string of the molecule is CN(C)CC1CS/C(=N\C(=O)c2c[nH]c3ncccc23)N1c1ccccc1. The van der Waals surface area contributed by atoms with Crippen LogP contribution in [0, 0.1) is 0 Å². The van der Waals surface area contributed by atoms with Crippen LogP contribution >= 0.6 is 11.8 Å². The molecule has 0 spiro atoms. The molecule has 138 valence electrons. The monoisotopic (exact) mass is 379 g/mol. The number of para-hydroxylation sites is 1. The van der Waals surface area contributed by atoms with E-state index in [1.54, 1.807) is 24.2 Å².